The lowest BCUT2D eigenvalue weighted by molar-refractivity contribution is 0.0701. The number of fused-ring (bicyclic) bond motifs is 1. The minimum atomic E-state index is -0.0662. The van der Waals surface area contributed by atoms with Crippen LogP contribution in [0.25, 0.3) is 10.2 Å². The monoisotopic (exact) mass is 378 g/mol. The van der Waals surface area contributed by atoms with Gasteiger partial charge in [0.25, 0.3) is 5.91 Å². The molecule has 1 aliphatic rings. The number of amides is 1. The van der Waals surface area contributed by atoms with Gasteiger partial charge in [-0.05, 0) is 43.2 Å². The van der Waals surface area contributed by atoms with Crippen LogP contribution in [0.4, 0.5) is 0 Å². The third kappa shape index (κ3) is 3.04. The molecule has 0 unspecified atom stereocenters. The van der Waals surface area contributed by atoms with Crippen LogP contribution in [-0.4, -0.2) is 32.1 Å². The molecule has 0 saturated carbocycles. The standard InChI is InChI=1S/C20H18N4O2S/c25-20(17-9-8-14(26-17)13-23-11-4-10-21-23)24-12-3-6-16(24)19-22-15-5-1-2-7-18(15)27-19/h1-2,4-5,7-11,16H,3,6,12-13H2/t16-/m1/s1. The highest BCUT2D eigenvalue weighted by Crippen LogP contribution is 2.37. The topological polar surface area (TPSA) is 64.2 Å². The molecule has 5 rings (SSSR count). The maximum absolute atomic E-state index is 13.0. The van der Waals surface area contributed by atoms with E-state index in [1.54, 1.807) is 28.3 Å². The predicted octanol–water partition coefficient (Wildman–Crippen LogP) is 4.11. The van der Waals surface area contributed by atoms with Gasteiger partial charge in [-0.1, -0.05) is 12.1 Å². The number of hydrogen-bond acceptors (Lipinski definition) is 5. The molecule has 136 valence electrons. The second-order valence-corrected chi connectivity index (χ2v) is 7.71. The van der Waals surface area contributed by atoms with Crippen LogP contribution in [0.3, 0.4) is 0 Å². The Morgan fingerprint density at radius 3 is 3.00 bits per heavy atom. The van der Waals surface area contributed by atoms with Crippen LogP contribution in [0.1, 0.15) is 40.2 Å². The fourth-order valence-corrected chi connectivity index (χ4v) is 4.69. The molecule has 0 radical (unpaired) electrons. The average Bonchev–Trinajstić information content (AvgIpc) is 3.45. The largest absolute Gasteiger partial charge is 0.454 e. The third-order valence-corrected chi connectivity index (χ3v) is 6.00. The molecule has 7 heteroatoms. The Hall–Kier alpha value is -2.93. The van der Waals surface area contributed by atoms with Crippen LogP contribution < -0.4 is 0 Å². The predicted molar refractivity (Wildman–Crippen MR) is 103 cm³/mol. The molecule has 1 atom stereocenters. The minimum absolute atomic E-state index is 0.0227. The van der Waals surface area contributed by atoms with E-state index in [1.165, 1.54) is 0 Å². The summed E-state index contributed by atoms with van der Waals surface area (Å²) in [7, 11) is 0. The van der Waals surface area contributed by atoms with Gasteiger partial charge in [0.05, 0.1) is 22.8 Å². The molecule has 3 aromatic heterocycles. The number of carbonyl (C=O) groups excluding carboxylic acids is 1. The SMILES string of the molecule is O=C(c1ccc(Cn2cccn2)o1)N1CCC[C@@H]1c1nc2ccccc2s1. The second kappa shape index (κ2) is 6.66. The first-order valence-corrected chi connectivity index (χ1v) is 9.82. The summed E-state index contributed by atoms with van der Waals surface area (Å²) in [6.07, 6.45) is 5.51. The Morgan fingerprint density at radius 2 is 2.15 bits per heavy atom. The molecule has 1 fully saturated rings. The van der Waals surface area contributed by atoms with Crippen molar-refractivity contribution < 1.29 is 9.21 Å². The van der Waals surface area contributed by atoms with Gasteiger partial charge in [0.2, 0.25) is 0 Å². The van der Waals surface area contributed by atoms with E-state index in [4.69, 9.17) is 9.40 Å². The molecule has 0 aliphatic carbocycles. The van der Waals surface area contributed by atoms with Crippen molar-refractivity contribution in [2.45, 2.75) is 25.4 Å². The lowest BCUT2D eigenvalue weighted by Gasteiger charge is -2.21. The summed E-state index contributed by atoms with van der Waals surface area (Å²) >= 11 is 1.67. The van der Waals surface area contributed by atoms with Crippen LogP contribution in [0.2, 0.25) is 0 Å². The number of benzene rings is 1. The molecule has 0 bridgehead atoms. The van der Waals surface area contributed by atoms with Gasteiger partial charge in [-0.3, -0.25) is 9.48 Å². The minimum Gasteiger partial charge on any atom is -0.454 e. The summed E-state index contributed by atoms with van der Waals surface area (Å²) in [5.74, 6) is 1.03. The smallest absolute Gasteiger partial charge is 0.290 e. The summed E-state index contributed by atoms with van der Waals surface area (Å²) in [5.41, 5.74) is 0.997. The molecule has 1 saturated heterocycles. The number of nitrogens with zero attached hydrogens (tertiary/aromatic N) is 4. The highest BCUT2D eigenvalue weighted by molar-refractivity contribution is 7.18. The molecule has 0 N–H and O–H groups in total. The van der Waals surface area contributed by atoms with Crippen molar-refractivity contribution in [1.29, 1.82) is 0 Å². The Balaban J connectivity index is 1.38. The molecule has 6 nitrogen and oxygen atoms in total. The van der Waals surface area contributed by atoms with Gasteiger partial charge >= 0.3 is 0 Å². The number of hydrogen-bond donors (Lipinski definition) is 0. The van der Waals surface area contributed by atoms with Crippen molar-refractivity contribution in [3.63, 3.8) is 0 Å². The first-order chi connectivity index (χ1) is 13.3. The highest BCUT2D eigenvalue weighted by Gasteiger charge is 2.34. The zero-order valence-corrected chi connectivity index (χ0v) is 15.4. The van der Waals surface area contributed by atoms with Crippen molar-refractivity contribution in [3.8, 4) is 0 Å². The maximum Gasteiger partial charge on any atom is 0.290 e. The van der Waals surface area contributed by atoms with E-state index in [0.29, 0.717) is 12.3 Å². The summed E-state index contributed by atoms with van der Waals surface area (Å²) < 4.78 is 8.73. The Kier molecular flexibility index (Phi) is 4.01. The Labute approximate surface area is 160 Å². The van der Waals surface area contributed by atoms with Crippen LogP contribution in [0.15, 0.2) is 59.3 Å². The fourth-order valence-electron chi connectivity index (χ4n) is 3.57. The van der Waals surface area contributed by atoms with E-state index in [2.05, 4.69) is 11.2 Å². The number of furan rings is 1. The molecular formula is C20H18N4O2S. The van der Waals surface area contributed by atoms with Gasteiger partial charge < -0.3 is 9.32 Å². The van der Waals surface area contributed by atoms with E-state index in [1.807, 2.05) is 41.4 Å². The first kappa shape index (κ1) is 16.3. The Morgan fingerprint density at radius 1 is 1.22 bits per heavy atom. The molecular weight excluding hydrogens is 360 g/mol. The second-order valence-electron chi connectivity index (χ2n) is 6.65. The number of rotatable bonds is 4. The molecule has 4 aromatic rings. The van der Waals surface area contributed by atoms with E-state index in [9.17, 15) is 4.79 Å². The third-order valence-electron chi connectivity index (χ3n) is 4.86. The van der Waals surface area contributed by atoms with Gasteiger partial charge in [0.15, 0.2) is 5.76 Å². The van der Waals surface area contributed by atoms with Crippen LogP contribution in [0.5, 0.6) is 0 Å². The van der Waals surface area contributed by atoms with E-state index < -0.39 is 0 Å². The normalized spacial score (nSPS) is 17.0. The van der Waals surface area contributed by atoms with Gasteiger partial charge in [0, 0.05) is 18.9 Å². The zero-order chi connectivity index (χ0) is 18.2. The van der Waals surface area contributed by atoms with Crippen molar-refractivity contribution in [1.82, 2.24) is 19.7 Å². The van der Waals surface area contributed by atoms with Crippen molar-refractivity contribution in [3.05, 3.63) is 71.4 Å². The molecule has 0 spiro atoms. The zero-order valence-electron chi connectivity index (χ0n) is 14.6. The molecule has 1 aliphatic heterocycles. The van der Waals surface area contributed by atoms with E-state index in [-0.39, 0.29) is 11.9 Å². The number of likely N-dealkylation sites (tertiary alicyclic amines) is 1. The maximum atomic E-state index is 13.0. The molecule has 1 amide bonds. The summed E-state index contributed by atoms with van der Waals surface area (Å²) in [6, 6.07) is 13.6. The van der Waals surface area contributed by atoms with Crippen molar-refractivity contribution in [2.24, 2.45) is 0 Å². The van der Waals surface area contributed by atoms with Crippen LogP contribution in [-0.2, 0) is 6.54 Å². The lowest BCUT2D eigenvalue weighted by Crippen LogP contribution is -2.30. The number of aromatic nitrogens is 3. The number of thiazole rings is 1. The highest BCUT2D eigenvalue weighted by atomic mass is 32.1. The summed E-state index contributed by atoms with van der Waals surface area (Å²) in [6.45, 7) is 1.25. The van der Waals surface area contributed by atoms with Gasteiger partial charge in [0.1, 0.15) is 10.8 Å². The van der Waals surface area contributed by atoms with Crippen LogP contribution in [0, 0.1) is 0 Å². The summed E-state index contributed by atoms with van der Waals surface area (Å²) in [5, 5.41) is 5.17. The van der Waals surface area contributed by atoms with Crippen molar-refractivity contribution in [2.75, 3.05) is 6.54 Å². The number of carbonyl (C=O) groups is 1. The fraction of sp³-hybridized carbons (Fsp3) is 0.250. The van der Waals surface area contributed by atoms with Crippen molar-refractivity contribution >= 4 is 27.5 Å². The molecule has 1 aromatic carbocycles. The van der Waals surface area contributed by atoms with E-state index >= 15 is 0 Å². The van der Waals surface area contributed by atoms with E-state index in [0.717, 1.165) is 40.4 Å². The Bertz CT molecular complexity index is 1050. The summed E-state index contributed by atoms with van der Waals surface area (Å²) in [4.78, 5) is 19.7. The van der Waals surface area contributed by atoms with Gasteiger partial charge in [-0.2, -0.15) is 5.10 Å². The van der Waals surface area contributed by atoms with Gasteiger partial charge in [-0.25, -0.2) is 4.98 Å². The van der Waals surface area contributed by atoms with Crippen LogP contribution >= 0.6 is 11.3 Å². The lowest BCUT2D eigenvalue weighted by atomic mass is 10.2. The first-order valence-electron chi connectivity index (χ1n) is 9.00. The average molecular weight is 378 g/mol. The number of para-hydroxylation sites is 1. The molecule has 27 heavy (non-hydrogen) atoms. The van der Waals surface area contributed by atoms with Gasteiger partial charge in [-0.15, -0.1) is 11.3 Å². The molecule has 4 heterocycles. The quantitative estimate of drug-likeness (QED) is 0.536.